The highest BCUT2D eigenvalue weighted by Crippen LogP contribution is 2.28. The topological polar surface area (TPSA) is 147 Å². The van der Waals surface area contributed by atoms with Gasteiger partial charge in [-0.15, -0.1) is 0 Å². The minimum Gasteiger partial charge on any atom is -0.478 e. The van der Waals surface area contributed by atoms with E-state index in [4.69, 9.17) is 25.1 Å². The van der Waals surface area contributed by atoms with Crippen LogP contribution in [0.3, 0.4) is 0 Å². The minimum absolute atomic E-state index is 0.121. The Morgan fingerprint density at radius 1 is 1.00 bits per heavy atom. The molecule has 5 rings (SSSR count). The predicted molar refractivity (Wildman–Crippen MR) is 155 cm³/mol. The van der Waals surface area contributed by atoms with Crippen molar-refractivity contribution in [1.29, 1.82) is 5.41 Å². The molecule has 1 aliphatic heterocycles. The van der Waals surface area contributed by atoms with Crippen LogP contribution in [0.2, 0.25) is 0 Å². The lowest BCUT2D eigenvalue weighted by atomic mass is 9.93. The number of aromatic nitrogens is 3. The number of nitrogens with zero attached hydrogens (tertiary/aromatic N) is 4. The Bertz CT molecular complexity index is 1440. The van der Waals surface area contributed by atoms with E-state index in [0.29, 0.717) is 29.5 Å². The zero-order valence-corrected chi connectivity index (χ0v) is 22.9. The van der Waals surface area contributed by atoms with E-state index in [1.54, 1.807) is 0 Å². The molecule has 0 aliphatic carbocycles. The van der Waals surface area contributed by atoms with Crippen LogP contribution in [0.25, 0.3) is 0 Å². The molecule has 40 heavy (non-hydrogen) atoms. The lowest BCUT2D eigenvalue weighted by molar-refractivity contribution is 0.00407. The zero-order chi connectivity index (χ0) is 28.1. The number of hydrogen-bond acceptors (Lipinski definition) is 11. The molecular weight excluding hydrogens is 508 g/mol. The van der Waals surface area contributed by atoms with Crippen molar-refractivity contribution in [3.63, 3.8) is 0 Å². The first-order valence-electron chi connectivity index (χ1n) is 13.1. The van der Waals surface area contributed by atoms with Crippen molar-refractivity contribution in [1.82, 2.24) is 20.0 Å². The van der Waals surface area contributed by atoms with Crippen molar-refractivity contribution in [2.75, 3.05) is 49.4 Å². The van der Waals surface area contributed by atoms with Gasteiger partial charge in [-0.2, -0.15) is 0 Å². The SMILES string of the molecule is CC(C)(C)c1cc(Nc2ccc(Nc3ncnc(N)c3C(=N)c3ccc(OCN4CCOCC4)cc3)cc2)no1. The molecule has 1 fully saturated rings. The van der Waals surface area contributed by atoms with Crippen LogP contribution in [0.4, 0.5) is 28.8 Å². The van der Waals surface area contributed by atoms with Crippen LogP contribution in [0.1, 0.15) is 37.7 Å². The van der Waals surface area contributed by atoms with Crippen LogP contribution in [0.15, 0.2) is 65.4 Å². The van der Waals surface area contributed by atoms with E-state index in [1.165, 1.54) is 6.33 Å². The standard InChI is InChI=1S/C29H34N8O3/c1-29(2,3)23-16-24(36-40-23)34-20-6-8-21(9-7-20)35-28-25(27(31)32-17-33-28)26(30)19-4-10-22(11-5-19)39-18-37-12-14-38-15-13-37/h4-11,16-17,30H,12-15,18H2,1-3H3,(H,34,36)(H3,31,32,33,35). The van der Waals surface area contributed by atoms with Gasteiger partial charge in [-0.3, -0.25) is 10.3 Å². The molecule has 3 heterocycles. The van der Waals surface area contributed by atoms with Crippen molar-refractivity contribution in [3.8, 4) is 5.75 Å². The summed E-state index contributed by atoms with van der Waals surface area (Å²) >= 11 is 0. The van der Waals surface area contributed by atoms with Gasteiger partial charge in [0.05, 0.1) is 24.5 Å². The molecule has 1 aliphatic rings. The Hall–Kier alpha value is -4.48. The molecule has 0 saturated carbocycles. The highest BCUT2D eigenvalue weighted by molar-refractivity contribution is 6.16. The fraction of sp³-hybridized carbons (Fsp3) is 0.310. The Balaban J connectivity index is 1.25. The second-order valence-electron chi connectivity index (χ2n) is 10.5. The highest BCUT2D eigenvalue weighted by atomic mass is 16.5. The van der Waals surface area contributed by atoms with Crippen molar-refractivity contribution >= 4 is 34.5 Å². The number of hydrogen-bond donors (Lipinski definition) is 4. The molecule has 4 aromatic rings. The van der Waals surface area contributed by atoms with Crippen LogP contribution in [0, 0.1) is 5.41 Å². The number of morpholine rings is 1. The first-order chi connectivity index (χ1) is 19.3. The lowest BCUT2D eigenvalue weighted by Crippen LogP contribution is -2.38. The number of ether oxygens (including phenoxy) is 2. The normalized spacial score (nSPS) is 14.1. The molecule has 5 N–H and O–H groups in total. The van der Waals surface area contributed by atoms with Crippen LogP contribution >= 0.6 is 0 Å². The Morgan fingerprint density at radius 2 is 1.68 bits per heavy atom. The van der Waals surface area contributed by atoms with Crippen molar-refractivity contribution in [2.24, 2.45) is 0 Å². The number of nitrogen functional groups attached to an aromatic ring is 1. The van der Waals surface area contributed by atoms with Crippen LogP contribution in [-0.2, 0) is 10.2 Å². The summed E-state index contributed by atoms with van der Waals surface area (Å²) in [6.45, 7) is 9.86. The van der Waals surface area contributed by atoms with E-state index < -0.39 is 0 Å². The van der Waals surface area contributed by atoms with Gasteiger partial charge in [0.15, 0.2) is 5.82 Å². The molecule has 2 aromatic heterocycles. The van der Waals surface area contributed by atoms with Crippen molar-refractivity contribution < 1.29 is 14.0 Å². The average Bonchev–Trinajstić information content (AvgIpc) is 3.43. The minimum atomic E-state index is -0.121. The zero-order valence-electron chi connectivity index (χ0n) is 22.9. The quantitative estimate of drug-likeness (QED) is 0.215. The highest BCUT2D eigenvalue weighted by Gasteiger charge is 2.20. The van der Waals surface area contributed by atoms with E-state index in [2.05, 4.69) is 51.4 Å². The number of benzene rings is 2. The summed E-state index contributed by atoms with van der Waals surface area (Å²) in [5.74, 6) is 2.83. The molecule has 0 unspecified atom stereocenters. The maximum Gasteiger partial charge on any atom is 0.174 e. The average molecular weight is 543 g/mol. The van der Waals surface area contributed by atoms with Crippen LogP contribution in [0.5, 0.6) is 5.75 Å². The molecule has 11 heteroatoms. The second-order valence-corrected chi connectivity index (χ2v) is 10.5. The third-order valence-corrected chi connectivity index (χ3v) is 6.46. The van der Waals surface area contributed by atoms with Gasteiger partial charge in [0.2, 0.25) is 0 Å². The van der Waals surface area contributed by atoms with E-state index in [-0.39, 0.29) is 16.9 Å². The van der Waals surface area contributed by atoms with Gasteiger partial charge in [-0.05, 0) is 48.5 Å². The summed E-state index contributed by atoms with van der Waals surface area (Å²) in [6, 6.07) is 16.9. The fourth-order valence-corrected chi connectivity index (χ4v) is 4.11. The maximum absolute atomic E-state index is 8.87. The first kappa shape index (κ1) is 27.1. The van der Waals surface area contributed by atoms with Gasteiger partial charge in [-0.1, -0.05) is 25.9 Å². The molecule has 0 spiro atoms. The maximum atomic E-state index is 8.87. The molecular formula is C29H34N8O3. The number of nitrogens with one attached hydrogen (secondary N) is 3. The van der Waals surface area contributed by atoms with Crippen LogP contribution in [-0.4, -0.2) is 58.8 Å². The van der Waals surface area contributed by atoms with Crippen molar-refractivity contribution in [3.05, 3.63) is 77.8 Å². The van der Waals surface area contributed by atoms with Gasteiger partial charge in [0.25, 0.3) is 0 Å². The summed E-state index contributed by atoms with van der Waals surface area (Å²) in [6.07, 6.45) is 1.38. The summed E-state index contributed by atoms with van der Waals surface area (Å²) in [4.78, 5) is 10.7. The largest absolute Gasteiger partial charge is 0.478 e. The number of nitrogens with two attached hydrogens (primary N) is 1. The Kier molecular flexibility index (Phi) is 7.94. The molecule has 0 atom stereocenters. The molecule has 208 valence electrons. The van der Waals surface area contributed by atoms with E-state index >= 15 is 0 Å². The third-order valence-electron chi connectivity index (χ3n) is 6.46. The monoisotopic (exact) mass is 542 g/mol. The van der Waals surface area contributed by atoms with Gasteiger partial charge >= 0.3 is 0 Å². The van der Waals surface area contributed by atoms with Crippen molar-refractivity contribution in [2.45, 2.75) is 26.2 Å². The van der Waals surface area contributed by atoms with E-state index in [0.717, 1.165) is 49.2 Å². The lowest BCUT2D eigenvalue weighted by Gasteiger charge is -2.26. The Labute approximate surface area is 233 Å². The van der Waals surface area contributed by atoms with Gasteiger partial charge in [0, 0.05) is 41.5 Å². The third kappa shape index (κ3) is 6.56. The predicted octanol–water partition coefficient (Wildman–Crippen LogP) is 4.92. The first-order valence-corrected chi connectivity index (χ1v) is 13.1. The smallest absolute Gasteiger partial charge is 0.174 e. The summed E-state index contributed by atoms with van der Waals surface area (Å²) in [5, 5.41) is 19.5. The molecule has 11 nitrogen and oxygen atoms in total. The molecule has 0 radical (unpaired) electrons. The Morgan fingerprint density at radius 3 is 2.33 bits per heavy atom. The molecule has 0 bridgehead atoms. The summed E-state index contributed by atoms with van der Waals surface area (Å²) < 4.78 is 16.7. The van der Waals surface area contributed by atoms with E-state index in [1.807, 2.05) is 54.6 Å². The summed E-state index contributed by atoms with van der Waals surface area (Å²) in [5.41, 5.74) is 9.03. The van der Waals surface area contributed by atoms with Crippen LogP contribution < -0.4 is 21.1 Å². The van der Waals surface area contributed by atoms with Gasteiger partial charge in [0.1, 0.15) is 36.2 Å². The fourth-order valence-electron chi connectivity index (χ4n) is 4.11. The number of anilines is 5. The van der Waals surface area contributed by atoms with E-state index in [9.17, 15) is 0 Å². The molecule has 2 aromatic carbocycles. The molecule has 1 saturated heterocycles. The second kappa shape index (κ2) is 11.7. The number of rotatable bonds is 9. The molecule has 0 amide bonds. The van der Waals surface area contributed by atoms with Gasteiger partial charge in [-0.25, -0.2) is 9.97 Å². The summed E-state index contributed by atoms with van der Waals surface area (Å²) in [7, 11) is 0. The van der Waals surface area contributed by atoms with Gasteiger partial charge < -0.3 is 30.4 Å².